The maximum Gasteiger partial charge on any atom is 0.222 e. The molecule has 1 heterocycles. The molecule has 2 fully saturated rings. The molecule has 1 aliphatic heterocycles. The Balaban J connectivity index is 0.00000128. The molecule has 3 nitrogen and oxygen atoms in total. The number of hydrogen-bond acceptors (Lipinski definition) is 2. The van der Waals surface area contributed by atoms with E-state index in [1.54, 1.807) is 0 Å². The van der Waals surface area contributed by atoms with Gasteiger partial charge in [0.15, 0.2) is 0 Å². The van der Waals surface area contributed by atoms with Gasteiger partial charge in [-0.15, -0.1) is 12.4 Å². The minimum absolute atomic E-state index is 0. The molecule has 1 amide bonds. The average molecular weight is 247 g/mol. The van der Waals surface area contributed by atoms with Gasteiger partial charge in [-0.3, -0.25) is 4.79 Å². The molecule has 1 saturated heterocycles. The Hall–Kier alpha value is -0.280. The third-order valence-electron chi connectivity index (χ3n) is 3.94. The lowest BCUT2D eigenvalue weighted by Gasteiger charge is -2.26. The van der Waals surface area contributed by atoms with Gasteiger partial charge >= 0.3 is 0 Å². The highest BCUT2D eigenvalue weighted by Gasteiger charge is 2.26. The third-order valence-corrected chi connectivity index (χ3v) is 3.94. The Morgan fingerprint density at radius 2 is 2.12 bits per heavy atom. The zero-order chi connectivity index (χ0) is 10.7. The summed E-state index contributed by atoms with van der Waals surface area (Å²) in [5, 5.41) is 3.24. The van der Waals surface area contributed by atoms with Gasteiger partial charge in [-0.1, -0.05) is 19.3 Å². The Morgan fingerprint density at radius 1 is 1.38 bits per heavy atom. The van der Waals surface area contributed by atoms with Crippen molar-refractivity contribution in [2.75, 3.05) is 20.1 Å². The highest BCUT2D eigenvalue weighted by atomic mass is 35.5. The molecule has 0 radical (unpaired) electrons. The van der Waals surface area contributed by atoms with Gasteiger partial charge in [0.05, 0.1) is 0 Å². The molecule has 0 spiro atoms. The fraction of sp³-hybridized carbons (Fsp3) is 0.917. The van der Waals surface area contributed by atoms with Gasteiger partial charge in [-0.05, 0) is 25.8 Å². The number of likely N-dealkylation sites (N-methyl/N-ethyl adjacent to an activating group) is 1. The summed E-state index contributed by atoms with van der Waals surface area (Å²) >= 11 is 0. The lowest BCUT2D eigenvalue weighted by atomic mass is 9.82. The van der Waals surface area contributed by atoms with Crippen molar-refractivity contribution in [3.8, 4) is 0 Å². The molecule has 1 unspecified atom stereocenters. The fourth-order valence-electron chi connectivity index (χ4n) is 2.49. The number of nitrogens with zero attached hydrogens (tertiary/aromatic N) is 1. The smallest absolute Gasteiger partial charge is 0.222 e. The first-order valence-corrected chi connectivity index (χ1v) is 6.24. The van der Waals surface area contributed by atoms with Crippen LogP contribution in [0.2, 0.25) is 0 Å². The van der Waals surface area contributed by atoms with Crippen LogP contribution in [0, 0.1) is 5.92 Å². The van der Waals surface area contributed by atoms with Crippen molar-refractivity contribution in [1.82, 2.24) is 10.2 Å². The van der Waals surface area contributed by atoms with E-state index in [9.17, 15) is 4.79 Å². The molecule has 1 atom stereocenters. The van der Waals surface area contributed by atoms with Crippen molar-refractivity contribution in [3.05, 3.63) is 0 Å². The highest BCUT2D eigenvalue weighted by Crippen LogP contribution is 2.30. The predicted octanol–water partition coefficient (Wildman–Crippen LogP) is 1.81. The standard InChI is InChI=1S/C12H22N2O.ClH/c1-13-11-7-8-14(9-11)12(15)6-5-10-3-2-4-10;/h10-11,13H,2-9H2,1H3;1H. The Morgan fingerprint density at radius 3 is 2.62 bits per heavy atom. The Labute approximate surface area is 104 Å². The minimum atomic E-state index is 0. The number of carbonyl (C=O) groups excluding carboxylic acids is 1. The van der Waals surface area contributed by atoms with Crippen LogP contribution in [0.1, 0.15) is 38.5 Å². The summed E-state index contributed by atoms with van der Waals surface area (Å²) in [6, 6.07) is 0.526. The van der Waals surface area contributed by atoms with Crippen LogP contribution in [-0.4, -0.2) is 37.0 Å². The molecule has 94 valence electrons. The first-order valence-electron chi connectivity index (χ1n) is 6.24. The molecule has 4 heteroatoms. The second-order valence-corrected chi connectivity index (χ2v) is 4.95. The summed E-state index contributed by atoms with van der Waals surface area (Å²) in [7, 11) is 1.98. The van der Waals surface area contributed by atoms with Crippen molar-refractivity contribution < 1.29 is 4.79 Å². The van der Waals surface area contributed by atoms with Crippen LogP contribution < -0.4 is 5.32 Å². The maximum atomic E-state index is 11.8. The highest BCUT2D eigenvalue weighted by molar-refractivity contribution is 5.85. The molecule has 1 N–H and O–H groups in total. The molecular weight excluding hydrogens is 224 g/mol. The van der Waals surface area contributed by atoms with Crippen molar-refractivity contribution in [3.63, 3.8) is 0 Å². The van der Waals surface area contributed by atoms with Crippen molar-refractivity contribution in [2.45, 2.75) is 44.6 Å². The fourth-order valence-corrected chi connectivity index (χ4v) is 2.49. The van der Waals surface area contributed by atoms with Gasteiger partial charge in [-0.25, -0.2) is 0 Å². The van der Waals surface area contributed by atoms with E-state index in [4.69, 9.17) is 0 Å². The van der Waals surface area contributed by atoms with Gasteiger partial charge in [-0.2, -0.15) is 0 Å². The number of halogens is 1. The molecular formula is C12H23ClN2O. The van der Waals surface area contributed by atoms with Gasteiger partial charge in [0.2, 0.25) is 5.91 Å². The molecule has 2 aliphatic rings. The summed E-state index contributed by atoms with van der Waals surface area (Å²) < 4.78 is 0. The van der Waals surface area contributed by atoms with E-state index in [1.807, 2.05) is 11.9 Å². The van der Waals surface area contributed by atoms with Crippen molar-refractivity contribution in [1.29, 1.82) is 0 Å². The number of carbonyl (C=O) groups is 1. The number of rotatable bonds is 4. The lowest BCUT2D eigenvalue weighted by molar-refractivity contribution is -0.130. The van der Waals surface area contributed by atoms with E-state index in [1.165, 1.54) is 19.3 Å². The van der Waals surface area contributed by atoms with Gasteiger partial charge in [0.1, 0.15) is 0 Å². The summed E-state index contributed by atoms with van der Waals surface area (Å²) in [4.78, 5) is 13.9. The number of amides is 1. The molecule has 0 bridgehead atoms. The first-order chi connectivity index (χ1) is 7.29. The number of hydrogen-bond donors (Lipinski definition) is 1. The monoisotopic (exact) mass is 246 g/mol. The summed E-state index contributed by atoms with van der Waals surface area (Å²) in [5.74, 6) is 1.23. The largest absolute Gasteiger partial charge is 0.341 e. The van der Waals surface area contributed by atoms with E-state index in [0.29, 0.717) is 11.9 Å². The second kappa shape index (κ2) is 6.45. The van der Waals surface area contributed by atoms with E-state index in [0.717, 1.165) is 38.3 Å². The van der Waals surface area contributed by atoms with E-state index in [2.05, 4.69) is 5.32 Å². The Kier molecular flexibility index (Phi) is 5.56. The molecule has 16 heavy (non-hydrogen) atoms. The van der Waals surface area contributed by atoms with Crippen LogP contribution >= 0.6 is 12.4 Å². The van der Waals surface area contributed by atoms with Gasteiger partial charge in [0.25, 0.3) is 0 Å². The molecule has 0 aromatic heterocycles. The van der Waals surface area contributed by atoms with Crippen molar-refractivity contribution in [2.24, 2.45) is 5.92 Å². The third kappa shape index (κ3) is 3.36. The zero-order valence-electron chi connectivity index (χ0n) is 10.1. The average Bonchev–Trinajstić information content (AvgIpc) is 2.63. The Bertz CT molecular complexity index is 231. The molecule has 0 aromatic rings. The van der Waals surface area contributed by atoms with E-state index < -0.39 is 0 Å². The molecule has 2 rings (SSSR count). The van der Waals surface area contributed by atoms with Crippen LogP contribution in [0.25, 0.3) is 0 Å². The summed E-state index contributed by atoms with van der Waals surface area (Å²) in [5.41, 5.74) is 0. The number of nitrogens with one attached hydrogen (secondary N) is 1. The number of likely N-dealkylation sites (tertiary alicyclic amines) is 1. The minimum Gasteiger partial charge on any atom is -0.341 e. The molecule has 1 aliphatic carbocycles. The van der Waals surface area contributed by atoms with Crippen molar-refractivity contribution >= 4 is 18.3 Å². The normalized spacial score (nSPS) is 25.1. The zero-order valence-corrected chi connectivity index (χ0v) is 10.9. The quantitative estimate of drug-likeness (QED) is 0.821. The van der Waals surface area contributed by atoms with Crippen LogP contribution in [0.15, 0.2) is 0 Å². The van der Waals surface area contributed by atoms with Crippen LogP contribution in [-0.2, 0) is 4.79 Å². The maximum absolute atomic E-state index is 11.8. The molecule has 1 saturated carbocycles. The summed E-state index contributed by atoms with van der Waals surface area (Å²) in [6.45, 7) is 1.87. The van der Waals surface area contributed by atoms with Gasteiger partial charge < -0.3 is 10.2 Å². The van der Waals surface area contributed by atoms with E-state index in [-0.39, 0.29) is 12.4 Å². The molecule has 0 aromatic carbocycles. The van der Waals surface area contributed by atoms with E-state index >= 15 is 0 Å². The van der Waals surface area contributed by atoms with Crippen LogP contribution in [0.3, 0.4) is 0 Å². The SMILES string of the molecule is CNC1CCN(C(=O)CCC2CCC2)C1.Cl. The first kappa shape index (κ1) is 13.8. The second-order valence-electron chi connectivity index (χ2n) is 4.95. The predicted molar refractivity (Wildman–Crippen MR) is 67.9 cm³/mol. The van der Waals surface area contributed by atoms with Gasteiger partial charge in [0, 0.05) is 25.6 Å². The van der Waals surface area contributed by atoms with Crippen LogP contribution in [0.4, 0.5) is 0 Å². The summed E-state index contributed by atoms with van der Waals surface area (Å²) in [6.07, 6.45) is 7.11. The topological polar surface area (TPSA) is 32.3 Å². The lowest BCUT2D eigenvalue weighted by Crippen LogP contribution is -2.33. The van der Waals surface area contributed by atoms with Crippen LogP contribution in [0.5, 0.6) is 0 Å².